The molecule has 9 nitrogen and oxygen atoms in total. The Bertz CT molecular complexity index is 650. The molecule has 1 fully saturated rings. The van der Waals surface area contributed by atoms with Crippen LogP contribution in [-0.2, 0) is 27.4 Å². The smallest absolute Gasteiger partial charge is 0.240 e. The van der Waals surface area contributed by atoms with Crippen LogP contribution in [0.25, 0.3) is 0 Å². The van der Waals surface area contributed by atoms with Crippen LogP contribution in [0.15, 0.2) is 17.2 Å². The summed E-state index contributed by atoms with van der Waals surface area (Å²) < 4.78 is 18.2. The van der Waals surface area contributed by atoms with E-state index < -0.39 is 0 Å². The number of nitrogens with one attached hydrogen (secondary N) is 1. The van der Waals surface area contributed by atoms with Crippen LogP contribution in [-0.4, -0.2) is 51.2 Å². The summed E-state index contributed by atoms with van der Waals surface area (Å²) in [6, 6.07) is -0.191. The zero-order chi connectivity index (χ0) is 16.9. The van der Waals surface area contributed by atoms with E-state index in [4.69, 9.17) is 14.0 Å². The molecule has 2 aromatic rings. The van der Waals surface area contributed by atoms with Gasteiger partial charge in [0, 0.05) is 12.2 Å². The van der Waals surface area contributed by atoms with Gasteiger partial charge in [-0.1, -0.05) is 5.16 Å². The lowest BCUT2D eigenvalue weighted by Gasteiger charge is -2.32. The largest absolute Gasteiger partial charge is 0.379 e. The van der Waals surface area contributed by atoms with Gasteiger partial charge in [-0.3, -0.25) is 4.79 Å². The molecule has 0 bridgehead atoms. The molecule has 0 aromatic carbocycles. The lowest BCUT2D eigenvalue weighted by atomic mass is 10.1. The quantitative estimate of drug-likeness (QED) is 0.813. The second kappa shape index (κ2) is 7.54. The summed E-state index contributed by atoms with van der Waals surface area (Å²) in [6.45, 7) is 5.37. The van der Waals surface area contributed by atoms with E-state index in [2.05, 4.69) is 20.7 Å². The number of amides is 1. The molecule has 1 N–H and O–H groups in total. The Labute approximate surface area is 139 Å². The third-order valence-corrected chi connectivity index (χ3v) is 4.06. The number of rotatable bonds is 6. The number of ether oxygens (including phenoxy) is 2. The van der Waals surface area contributed by atoms with E-state index in [0.717, 1.165) is 23.4 Å². The second-order valence-electron chi connectivity index (χ2n) is 5.82. The van der Waals surface area contributed by atoms with Gasteiger partial charge in [0.1, 0.15) is 25.0 Å². The number of aryl methyl sites for hydroxylation is 2. The van der Waals surface area contributed by atoms with E-state index >= 15 is 0 Å². The Morgan fingerprint density at radius 1 is 1.42 bits per heavy atom. The zero-order valence-electron chi connectivity index (χ0n) is 13.8. The van der Waals surface area contributed by atoms with Crippen molar-refractivity contribution >= 4 is 5.91 Å². The minimum atomic E-state index is -0.191. The molecule has 1 amide bonds. The van der Waals surface area contributed by atoms with Crippen molar-refractivity contribution in [1.29, 1.82) is 0 Å². The highest BCUT2D eigenvalue weighted by Crippen LogP contribution is 2.18. The average Bonchev–Trinajstić information content (AvgIpc) is 3.17. The number of aromatic nitrogens is 4. The van der Waals surface area contributed by atoms with Crippen LogP contribution in [0.4, 0.5) is 0 Å². The van der Waals surface area contributed by atoms with Gasteiger partial charge in [-0.2, -0.15) is 0 Å². The van der Waals surface area contributed by atoms with Crippen LogP contribution in [0.5, 0.6) is 0 Å². The van der Waals surface area contributed by atoms with E-state index in [1.165, 1.54) is 12.7 Å². The van der Waals surface area contributed by atoms with E-state index in [1.54, 1.807) is 4.57 Å². The molecule has 2 aromatic heterocycles. The van der Waals surface area contributed by atoms with Crippen molar-refractivity contribution in [2.45, 2.75) is 45.6 Å². The Balaban J connectivity index is 1.56. The first-order valence-corrected chi connectivity index (χ1v) is 7.86. The molecule has 2 atom stereocenters. The molecule has 3 heterocycles. The maximum Gasteiger partial charge on any atom is 0.240 e. The summed E-state index contributed by atoms with van der Waals surface area (Å²) in [4.78, 5) is 12.1. The van der Waals surface area contributed by atoms with Crippen LogP contribution < -0.4 is 5.32 Å². The molecule has 0 saturated carbocycles. The van der Waals surface area contributed by atoms with Crippen LogP contribution in [0.2, 0.25) is 0 Å². The molecule has 130 valence electrons. The Kier molecular flexibility index (Phi) is 5.21. The molecule has 1 aliphatic rings. The van der Waals surface area contributed by atoms with Crippen LogP contribution in [0, 0.1) is 13.8 Å². The van der Waals surface area contributed by atoms with Gasteiger partial charge in [0.05, 0.1) is 31.1 Å². The highest BCUT2D eigenvalue weighted by molar-refractivity contribution is 5.76. The maximum atomic E-state index is 12.1. The van der Waals surface area contributed by atoms with E-state index in [1.807, 2.05) is 13.8 Å². The van der Waals surface area contributed by atoms with Gasteiger partial charge in [-0.25, -0.2) is 0 Å². The Morgan fingerprint density at radius 3 is 2.92 bits per heavy atom. The lowest BCUT2D eigenvalue weighted by Crippen LogP contribution is -2.51. The van der Waals surface area contributed by atoms with Crippen molar-refractivity contribution in [1.82, 2.24) is 25.2 Å². The molecule has 0 unspecified atom stereocenters. The number of hydrogen-bond acceptors (Lipinski definition) is 7. The van der Waals surface area contributed by atoms with Crippen LogP contribution >= 0.6 is 0 Å². The summed E-state index contributed by atoms with van der Waals surface area (Å²) in [5.74, 6) is 0.629. The SMILES string of the molecule is Cc1noc(C)c1CO[C@@H]1CCOC[C@@H]1NC(=O)Cn1cnnc1. The van der Waals surface area contributed by atoms with Crippen LogP contribution in [0.3, 0.4) is 0 Å². The first-order chi connectivity index (χ1) is 11.6. The van der Waals surface area contributed by atoms with Crippen molar-refractivity contribution in [2.24, 2.45) is 0 Å². The number of hydrogen-bond donors (Lipinski definition) is 1. The van der Waals surface area contributed by atoms with Gasteiger partial charge in [0.15, 0.2) is 0 Å². The van der Waals surface area contributed by atoms with Gasteiger partial charge < -0.3 is 23.9 Å². The van der Waals surface area contributed by atoms with E-state index in [9.17, 15) is 4.79 Å². The van der Waals surface area contributed by atoms with E-state index in [0.29, 0.717) is 19.8 Å². The summed E-state index contributed by atoms with van der Waals surface area (Å²) >= 11 is 0. The predicted molar refractivity (Wildman–Crippen MR) is 81.9 cm³/mol. The molecule has 1 saturated heterocycles. The van der Waals surface area contributed by atoms with Crippen molar-refractivity contribution in [3.8, 4) is 0 Å². The monoisotopic (exact) mass is 335 g/mol. The number of carbonyl (C=O) groups excluding carboxylic acids is 1. The third-order valence-electron chi connectivity index (χ3n) is 4.06. The maximum absolute atomic E-state index is 12.1. The summed E-state index contributed by atoms with van der Waals surface area (Å²) in [7, 11) is 0. The zero-order valence-corrected chi connectivity index (χ0v) is 13.8. The predicted octanol–water partition coefficient (Wildman–Crippen LogP) is 0.373. The van der Waals surface area contributed by atoms with Gasteiger partial charge in [-0.15, -0.1) is 10.2 Å². The van der Waals surface area contributed by atoms with Crippen LogP contribution in [0.1, 0.15) is 23.4 Å². The normalized spacial score (nSPS) is 20.9. The first kappa shape index (κ1) is 16.6. The highest BCUT2D eigenvalue weighted by Gasteiger charge is 2.28. The Morgan fingerprint density at radius 2 is 2.21 bits per heavy atom. The summed E-state index contributed by atoms with van der Waals surface area (Å²) in [5, 5.41) is 14.2. The topological polar surface area (TPSA) is 104 Å². The van der Waals surface area contributed by atoms with Crippen molar-refractivity contribution < 1.29 is 18.8 Å². The Hall–Kier alpha value is -2.26. The fourth-order valence-corrected chi connectivity index (χ4v) is 2.67. The highest BCUT2D eigenvalue weighted by atomic mass is 16.5. The molecule has 0 radical (unpaired) electrons. The van der Waals surface area contributed by atoms with Crippen molar-refractivity contribution in [2.75, 3.05) is 13.2 Å². The number of carbonyl (C=O) groups is 1. The van der Waals surface area contributed by atoms with Crippen molar-refractivity contribution in [3.05, 3.63) is 29.7 Å². The summed E-state index contributed by atoms with van der Waals surface area (Å²) in [5.41, 5.74) is 1.78. The summed E-state index contributed by atoms with van der Waals surface area (Å²) in [6.07, 6.45) is 3.61. The first-order valence-electron chi connectivity index (χ1n) is 7.86. The minimum absolute atomic E-state index is 0.114. The average molecular weight is 335 g/mol. The van der Waals surface area contributed by atoms with E-state index in [-0.39, 0.29) is 24.6 Å². The fourth-order valence-electron chi connectivity index (χ4n) is 2.67. The standard InChI is InChI=1S/C15H21N5O4/c1-10-12(11(2)24-19-10)6-23-14-3-4-22-7-13(14)18-15(21)5-20-8-16-17-9-20/h8-9,13-14H,3-7H2,1-2H3,(H,18,21)/t13-,14+/m0/s1. The van der Waals surface area contributed by atoms with Crippen molar-refractivity contribution in [3.63, 3.8) is 0 Å². The minimum Gasteiger partial charge on any atom is -0.379 e. The molecular weight excluding hydrogens is 314 g/mol. The molecule has 1 aliphatic heterocycles. The molecular formula is C15H21N5O4. The third kappa shape index (κ3) is 3.98. The number of nitrogens with zero attached hydrogens (tertiary/aromatic N) is 4. The second-order valence-corrected chi connectivity index (χ2v) is 5.82. The van der Waals surface area contributed by atoms with Gasteiger partial charge >= 0.3 is 0 Å². The molecule has 0 aliphatic carbocycles. The van der Waals surface area contributed by atoms with Gasteiger partial charge in [-0.05, 0) is 20.3 Å². The fraction of sp³-hybridized carbons (Fsp3) is 0.600. The molecule has 0 spiro atoms. The molecule has 9 heteroatoms. The lowest BCUT2D eigenvalue weighted by molar-refractivity contribution is -0.127. The molecule has 3 rings (SSSR count). The van der Waals surface area contributed by atoms with Gasteiger partial charge in [0.25, 0.3) is 0 Å². The van der Waals surface area contributed by atoms with Gasteiger partial charge in [0.2, 0.25) is 5.91 Å². The molecule has 24 heavy (non-hydrogen) atoms.